The van der Waals surface area contributed by atoms with E-state index in [9.17, 15) is 14.4 Å². The van der Waals surface area contributed by atoms with Crippen LogP contribution in [0.2, 0.25) is 0 Å². The maximum Gasteiger partial charge on any atom is 0.305 e. The quantitative estimate of drug-likeness (QED) is 0.712. The summed E-state index contributed by atoms with van der Waals surface area (Å²) < 4.78 is 0. The SMILES string of the molecule is O=C(O)CC1(NC(=O)CCNC(=O)c2cccs2)CCCC1. The van der Waals surface area contributed by atoms with Crippen LogP contribution in [0.3, 0.4) is 0 Å². The van der Waals surface area contributed by atoms with Gasteiger partial charge in [0.1, 0.15) is 0 Å². The minimum absolute atomic E-state index is 0.0414. The Hall–Kier alpha value is -1.89. The fraction of sp³-hybridized carbons (Fsp3) is 0.533. The summed E-state index contributed by atoms with van der Waals surface area (Å²) in [7, 11) is 0. The van der Waals surface area contributed by atoms with Crippen LogP contribution in [0.4, 0.5) is 0 Å². The minimum Gasteiger partial charge on any atom is -0.481 e. The Labute approximate surface area is 132 Å². The number of amides is 2. The van der Waals surface area contributed by atoms with Crippen LogP contribution >= 0.6 is 11.3 Å². The molecule has 3 N–H and O–H groups in total. The molecular formula is C15H20N2O4S. The second-order valence-corrected chi connectivity index (χ2v) is 6.54. The summed E-state index contributed by atoms with van der Waals surface area (Å²) in [6.45, 7) is 0.242. The molecule has 1 aliphatic carbocycles. The lowest BCUT2D eigenvalue weighted by Crippen LogP contribution is -2.48. The van der Waals surface area contributed by atoms with E-state index in [0.717, 1.165) is 12.8 Å². The molecule has 1 heterocycles. The molecule has 120 valence electrons. The number of rotatable bonds is 7. The monoisotopic (exact) mass is 324 g/mol. The van der Waals surface area contributed by atoms with Gasteiger partial charge in [-0.2, -0.15) is 0 Å². The first kappa shape index (κ1) is 16.5. The van der Waals surface area contributed by atoms with E-state index >= 15 is 0 Å². The van der Waals surface area contributed by atoms with Gasteiger partial charge in [0.2, 0.25) is 5.91 Å². The molecular weight excluding hydrogens is 304 g/mol. The van der Waals surface area contributed by atoms with Gasteiger partial charge in [-0.25, -0.2) is 0 Å². The van der Waals surface area contributed by atoms with Crippen LogP contribution in [0.1, 0.15) is 48.2 Å². The third kappa shape index (κ3) is 4.56. The Kier molecular flexibility index (Phi) is 5.54. The highest BCUT2D eigenvalue weighted by molar-refractivity contribution is 7.12. The number of carbonyl (C=O) groups excluding carboxylic acids is 2. The average Bonchev–Trinajstić information content (AvgIpc) is 3.09. The van der Waals surface area contributed by atoms with Gasteiger partial charge in [0.05, 0.1) is 16.8 Å². The number of hydrogen-bond acceptors (Lipinski definition) is 4. The van der Waals surface area contributed by atoms with E-state index in [1.807, 2.05) is 5.38 Å². The third-order valence-corrected chi connectivity index (χ3v) is 4.71. The van der Waals surface area contributed by atoms with Gasteiger partial charge in [-0.05, 0) is 24.3 Å². The molecule has 6 nitrogen and oxygen atoms in total. The molecule has 22 heavy (non-hydrogen) atoms. The number of carbonyl (C=O) groups is 3. The number of carboxylic acids is 1. The van der Waals surface area contributed by atoms with Crippen LogP contribution in [0.5, 0.6) is 0 Å². The van der Waals surface area contributed by atoms with Crippen molar-refractivity contribution in [3.8, 4) is 0 Å². The van der Waals surface area contributed by atoms with E-state index < -0.39 is 11.5 Å². The van der Waals surface area contributed by atoms with Crippen LogP contribution < -0.4 is 10.6 Å². The number of hydrogen-bond donors (Lipinski definition) is 3. The zero-order chi connectivity index (χ0) is 16.0. The number of aliphatic carboxylic acids is 1. The van der Waals surface area contributed by atoms with E-state index in [0.29, 0.717) is 17.7 Å². The molecule has 1 fully saturated rings. The summed E-state index contributed by atoms with van der Waals surface area (Å²) in [5, 5.41) is 16.4. The van der Waals surface area contributed by atoms with Crippen molar-refractivity contribution in [2.45, 2.75) is 44.1 Å². The first-order valence-electron chi connectivity index (χ1n) is 7.35. The van der Waals surface area contributed by atoms with Crippen LogP contribution in [0, 0.1) is 0 Å². The molecule has 0 unspecified atom stereocenters. The average molecular weight is 324 g/mol. The van der Waals surface area contributed by atoms with Crippen molar-refractivity contribution in [2.24, 2.45) is 0 Å². The summed E-state index contributed by atoms with van der Waals surface area (Å²) in [5.74, 6) is -1.30. The predicted octanol–water partition coefficient (Wildman–Crippen LogP) is 1.77. The molecule has 0 spiro atoms. The molecule has 0 saturated heterocycles. The maximum absolute atomic E-state index is 12.0. The first-order valence-corrected chi connectivity index (χ1v) is 8.23. The van der Waals surface area contributed by atoms with E-state index in [2.05, 4.69) is 10.6 Å². The predicted molar refractivity (Wildman–Crippen MR) is 82.9 cm³/mol. The summed E-state index contributed by atoms with van der Waals surface area (Å²) in [5.41, 5.74) is -0.610. The van der Waals surface area contributed by atoms with Gasteiger partial charge in [0.25, 0.3) is 5.91 Å². The van der Waals surface area contributed by atoms with E-state index in [4.69, 9.17) is 5.11 Å². The van der Waals surface area contributed by atoms with Crippen molar-refractivity contribution in [1.29, 1.82) is 0 Å². The molecule has 0 atom stereocenters. The van der Waals surface area contributed by atoms with Gasteiger partial charge in [-0.15, -0.1) is 11.3 Å². The zero-order valence-corrected chi connectivity index (χ0v) is 13.1. The number of nitrogens with one attached hydrogen (secondary N) is 2. The Morgan fingerprint density at radius 2 is 2.00 bits per heavy atom. The van der Waals surface area contributed by atoms with Gasteiger partial charge in [0.15, 0.2) is 0 Å². The number of thiophene rings is 1. The number of carboxylic acid groups (broad SMARTS) is 1. The lowest BCUT2D eigenvalue weighted by molar-refractivity contribution is -0.139. The fourth-order valence-electron chi connectivity index (χ4n) is 2.83. The standard InChI is InChI=1S/C15H20N2O4S/c18-12(5-8-16-14(21)11-4-3-9-22-11)17-15(10-13(19)20)6-1-2-7-15/h3-4,9H,1-2,5-8,10H2,(H,16,21)(H,17,18)(H,19,20). The summed E-state index contributed by atoms with van der Waals surface area (Å²) in [6.07, 6.45) is 3.38. The highest BCUT2D eigenvalue weighted by Crippen LogP contribution is 2.32. The van der Waals surface area contributed by atoms with Crippen molar-refractivity contribution < 1.29 is 19.5 Å². The van der Waals surface area contributed by atoms with Crippen molar-refractivity contribution in [3.63, 3.8) is 0 Å². The molecule has 2 amide bonds. The van der Waals surface area contributed by atoms with Crippen molar-refractivity contribution in [3.05, 3.63) is 22.4 Å². The third-order valence-electron chi connectivity index (χ3n) is 3.84. The van der Waals surface area contributed by atoms with E-state index in [1.54, 1.807) is 12.1 Å². The molecule has 0 aliphatic heterocycles. The molecule has 1 aromatic heterocycles. The topological polar surface area (TPSA) is 95.5 Å². The fourth-order valence-corrected chi connectivity index (χ4v) is 3.47. The van der Waals surface area contributed by atoms with Crippen LogP contribution in [-0.4, -0.2) is 35.0 Å². The lowest BCUT2D eigenvalue weighted by atomic mass is 9.93. The molecule has 1 aromatic rings. The Bertz CT molecular complexity index is 536. The van der Waals surface area contributed by atoms with Crippen molar-refractivity contribution in [2.75, 3.05) is 6.54 Å². The van der Waals surface area contributed by atoms with Gasteiger partial charge in [-0.1, -0.05) is 18.9 Å². The lowest BCUT2D eigenvalue weighted by Gasteiger charge is -2.28. The normalized spacial score (nSPS) is 16.2. The van der Waals surface area contributed by atoms with Gasteiger partial charge in [-0.3, -0.25) is 14.4 Å². The highest BCUT2D eigenvalue weighted by Gasteiger charge is 2.37. The van der Waals surface area contributed by atoms with E-state index in [1.165, 1.54) is 11.3 Å². The summed E-state index contributed by atoms with van der Waals surface area (Å²) in [4.78, 5) is 35.3. The maximum atomic E-state index is 12.0. The van der Waals surface area contributed by atoms with Gasteiger partial charge < -0.3 is 15.7 Å². The Morgan fingerprint density at radius 3 is 2.59 bits per heavy atom. The molecule has 0 aromatic carbocycles. The minimum atomic E-state index is -0.895. The van der Waals surface area contributed by atoms with Gasteiger partial charge >= 0.3 is 5.97 Å². The molecule has 1 saturated carbocycles. The molecule has 7 heteroatoms. The molecule has 1 aliphatic rings. The van der Waals surface area contributed by atoms with Gasteiger partial charge in [0, 0.05) is 13.0 Å². The van der Waals surface area contributed by atoms with Crippen molar-refractivity contribution in [1.82, 2.24) is 10.6 Å². The van der Waals surface area contributed by atoms with Crippen LogP contribution in [0.15, 0.2) is 17.5 Å². The zero-order valence-electron chi connectivity index (χ0n) is 12.3. The van der Waals surface area contributed by atoms with Crippen LogP contribution in [-0.2, 0) is 9.59 Å². The Morgan fingerprint density at radius 1 is 1.27 bits per heavy atom. The largest absolute Gasteiger partial charge is 0.481 e. The van der Waals surface area contributed by atoms with Crippen LogP contribution in [0.25, 0.3) is 0 Å². The summed E-state index contributed by atoms with van der Waals surface area (Å²) >= 11 is 1.34. The summed E-state index contributed by atoms with van der Waals surface area (Å²) in [6, 6.07) is 3.52. The molecule has 2 rings (SSSR count). The second-order valence-electron chi connectivity index (χ2n) is 5.59. The Balaban J connectivity index is 1.77. The highest BCUT2D eigenvalue weighted by atomic mass is 32.1. The first-order chi connectivity index (χ1) is 10.5. The van der Waals surface area contributed by atoms with Crippen molar-refractivity contribution >= 4 is 29.1 Å². The second kappa shape index (κ2) is 7.40. The molecule has 0 bridgehead atoms. The smallest absolute Gasteiger partial charge is 0.305 e. The molecule has 0 radical (unpaired) electrons. The van der Waals surface area contributed by atoms with E-state index in [-0.39, 0.29) is 31.2 Å².